The lowest BCUT2D eigenvalue weighted by Crippen LogP contribution is -2.50. The molecule has 2 heterocycles. The monoisotopic (exact) mass is 653 g/mol. The minimum Gasteiger partial charge on any atom is -0.456 e. The van der Waals surface area contributed by atoms with Crippen molar-refractivity contribution in [2.75, 3.05) is 4.90 Å². The fraction of sp³-hybridized carbons (Fsp3) is 0.216. The lowest BCUT2D eigenvalue weighted by molar-refractivity contribution is -0.378. The number of aromatic amines is 1. The number of nitrogens with one attached hydrogen (secondary N) is 1. The van der Waals surface area contributed by atoms with Crippen molar-refractivity contribution in [3.63, 3.8) is 0 Å². The van der Waals surface area contributed by atoms with Crippen LogP contribution in [0.2, 0.25) is 0 Å². The summed E-state index contributed by atoms with van der Waals surface area (Å²) in [5, 5.41) is 9.43. The number of nitrogens with zero attached hydrogens (tertiary/aromatic N) is 3. The van der Waals surface area contributed by atoms with E-state index in [-0.39, 0.29) is 34.6 Å². The van der Waals surface area contributed by atoms with E-state index in [0.29, 0.717) is 16.7 Å². The van der Waals surface area contributed by atoms with Gasteiger partial charge in [0.1, 0.15) is 5.60 Å². The van der Waals surface area contributed by atoms with Gasteiger partial charge in [0.15, 0.2) is 18.2 Å². The third kappa shape index (κ3) is 7.13. The lowest BCUT2D eigenvalue weighted by atomic mass is 9.87. The Morgan fingerprint density at radius 2 is 1.62 bits per heavy atom. The number of amides is 2. The molecule has 48 heavy (non-hydrogen) atoms. The molecule has 8 nitrogen and oxygen atoms in total. The van der Waals surface area contributed by atoms with E-state index in [9.17, 15) is 32.8 Å². The number of anilines is 1. The fourth-order valence-electron chi connectivity index (χ4n) is 5.54. The molecule has 5 rings (SSSR count). The average Bonchev–Trinajstić information content (AvgIpc) is 3.05. The van der Waals surface area contributed by atoms with Crippen LogP contribution in [0.4, 0.5) is 23.7 Å². The minimum atomic E-state index is -4.68. The van der Waals surface area contributed by atoms with E-state index in [1.807, 2.05) is 0 Å². The number of esters is 1. The first-order valence-electron chi connectivity index (χ1n) is 15.0. The molecule has 0 saturated heterocycles. The van der Waals surface area contributed by atoms with Gasteiger partial charge in [-0.05, 0) is 87.4 Å². The maximum absolute atomic E-state index is 14.6. The van der Waals surface area contributed by atoms with Gasteiger partial charge in [-0.3, -0.25) is 9.69 Å². The summed E-state index contributed by atoms with van der Waals surface area (Å²) in [7, 11) is 0. The second-order valence-corrected chi connectivity index (χ2v) is 12.3. The van der Waals surface area contributed by atoms with Crippen LogP contribution in [0.25, 0.3) is 0 Å². The topological polar surface area (TPSA) is 105 Å². The molecule has 0 radical (unpaired) electrons. The van der Waals surface area contributed by atoms with Gasteiger partial charge in [0.2, 0.25) is 0 Å². The van der Waals surface area contributed by atoms with Gasteiger partial charge in [-0.1, -0.05) is 30.3 Å². The van der Waals surface area contributed by atoms with Crippen molar-refractivity contribution in [1.29, 1.82) is 5.26 Å². The summed E-state index contributed by atoms with van der Waals surface area (Å²) in [6, 6.07) is 20.8. The van der Waals surface area contributed by atoms with Crippen LogP contribution in [0.5, 0.6) is 0 Å². The molecule has 244 valence electrons. The van der Waals surface area contributed by atoms with Crippen molar-refractivity contribution < 1.29 is 37.3 Å². The first kappa shape index (κ1) is 33.6. The number of Topliss-reactive ketones (excluding diaryl/α,β-unsaturated/α-hetero) is 1. The summed E-state index contributed by atoms with van der Waals surface area (Å²) >= 11 is 0. The number of benzene rings is 3. The molecule has 0 saturated carbocycles. The number of urea groups is 1. The van der Waals surface area contributed by atoms with Gasteiger partial charge in [-0.15, -0.1) is 0 Å². The summed E-state index contributed by atoms with van der Waals surface area (Å²) in [6.07, 6.45) is -1.56. The van der Waals surface area contributed by atoms with E-state index in [1.54, 1.807) is 87.6 Å². The number of halogens is 3. The highest BCUT2D eigenvalue weighted by Gasteiger charge is 2.43. The van der Waals surface area contributed by atoms with E-state index in [0.717, 1.165) is 17.0 Å². The number of ketones is 1. The van der Waals surface area contributed by atoms with Crippen LogP contribution in [0.15, 0.2) is 109 Å². The quantitative estimate of drug-likeness (QED) is 0.150. The second-order valence-electron chi connectivity index (χ2n) is 12.3. The predicted octanol–water partition coefficient (Wildman–Crippen LogP) is 7.69. The summed E-state index contributed by atoms with van der Waals surface area (Å²) in [6.45, 7) is 6.60. The normalized spacial score (nSPS) is 15.3. The van der Waals surface area contributed by atoms with E-state index >= 15 is 0 Å². The molecule has 0 bridgehead atoms. The molecule has 1 aromatic heterocycles. The molecule has 1 N–H and O–H groups in total. The van der Waals surface area contributed by atoms with Crippen LogP contribution >= 0.6 is 0 Å². The Bertz CT molecular complexity index is 1940. The Morgan fingerprint density at radius 1 is 0.938 bits per heavy atom. The van der Waals surface area contributed by atoms with Crippen LogP contribution in [0.1, 0.15) is 76.7 Å². The Morgan fingerprint density at radius 3 is 2.25 bits per heavy atom. The highest BCUT2D eigenvalue weighted by atomic mass is 19.4. The second kappa shape index (κ2) is 13.2. The SMILES string of the molecule is CC1=C(C(=O)c2ccc[nH+]c2)C(c2ccc(C#N)cc2)N(Cc2cccc(C(=O)OC(C)(C)C)c2)C(=O)N1c1cccc(C(F)(F)F)c1. The van der Waals surface area contributed by atoms with E-state index in [4.69, 9.17) is 4.74 Å². The van der Waals surface area contributed by atoms with Gasteiger partial charge in [-0.25, -0.2) is 14.6 Å². The van der Waals surface area contributed by atoms with Crippen molar-refractivity contribution >= 4 is 23.5 Å². The maximum Gasteiger partial charge on any atom is 0.416 e. The van der Waals surface area contributed by atoms with Crippen molar-refractivity contribution in [2.24, 2.45) is 0 Å². The smallest absolute Gasteiger partial charge is 0.416 e. The third-order valence-electron chi connectivity index (χ3n) is 7.66. The van der Waals surface area contributed by atoms with Crippen molar-refractivity contribution in [1.82, 2.24) is 4.90 Å². The number of alkyl halides is 3. The average molecular weight is 654 g/mol. The van der Waals surface area contributed by atoms with E-state index in [1.165, 1.54) is 30.2 Å². The zero-order valence-electron chi connectivity index (χ0n) is 26.6. The number of carbonyl (C=O) groups is 3. The summed E-state index contributed by atoms with van der Waals surface area (Å²) in [4.78, 5) is 47.2. The largest absolute Gasteiger partial charge is 0.456 e. The summed E-state index contributed by atoms with van der Waals surface area (Å²) in [5.41, 5.74) is 0.338. The molecule has 0 fully saturated rings. The zero-order valence-corrected chi connectivity index (χ0v) is 26.6. The standard InChI is InChI=1S/C37H31F3N4O4/c1-23-31(33(45)28-10-7-17-42-21-28)32(26-15-13-24(20-41)14-16-26)43(22-25-8-5-9-27(18-25)34(46)48-36(2,3)4)35(47)44(23)30-12-6-11-29(19-30)37(38,39)40/h5-19,21,32H,22H2,1-4H3/p+1. The molecular weight excluding hydrogens is 621 g/mol. The first-order valence-corrected chi connectivity index (χ1v) is 15.0. The number of hydrogen-bond donors (Lipinski definition) is 0. The van der Waals surface area contributed by atoms with E-state index < -0.39 is 41.2 Å². The van der Waals surface area contributed by atoms with Crippen LogP contribution in [-0.2, 0) is 17.5 Å². The number of H-pyrrole nitrogens is 1. The first-order chi connectivity index (χ1) is 22.7. The fourth-order valence-corrected chi connectivity index (χ4v) is 5.54. The van der Waals surface area contributed by atoms with Crippen LogP contribution < -0.4 is 9.88 Å². The number of carbonyl (C=O) groups excluding carboxylic acids is 3. The van der Waals surface area contributed by atoms with Gasteiger partial charge < -0.3 is 9.64 Å². The van der Waals surface area contributed by atoms with Crippen LogP contribution in [-0.4, -0.2) is 28.3 Å². The Labute approximate surface area is 275 Å². The summed E-state index contributed by atoms with van der Waals surface area (Å²) in [5.74, 6) is -1.04. The number of nitriles is 1. The molecule has 2 amide bonds. The highest BCUT2D eigenvalue weighted by Crippen LogP contribution is 2.42. The zero-order chi connectivity index (χ0) is 34.8. The van der Waals surface area contributed by atoms with Crippen molar-refractivity contribution in [3.8, 4) is 6.07 Å². The molecule has 1 aliphatic rings. The van der Waals surface area contributed by atoms with Gasteiger partial charge in [0.05, 0.1) is 40.1 Å². The van der Waals surface area contributed by atoms with Gasteiger partial charge in [0, 0.05) is 23.9 Å². The number of allylic oxidation sites excluding steroid dienone is 1. The Hall–Kier alpha value is -5.76. The molecule has 0 aliphatic carbocycles. The Balaban J connectivity index is 1.72. The molecule has 1 unspecified atom stereocenters. The van der Waals surface area contributed by atoms with Gasteiger partial charge in [-0.2, -0.15) is 18.4 Å². The van der Waals surface area contributed by atoms with Gasteiger partial charge >= 0.3 is 18.2 Å². The lowest BCUT2D eigenvalue weighted by Gasteiger charge is -2.43. The molecule has 1 aliphatic heterocycles. The molecule has 11 heteroatoms. The van der Waals surface area contributed by atoms with E-state index in [2.05, 4.69) is 11.1 Å². The van der Waals surface area contributed by atoms with Crippen LogP contribution in [0, 0.1) is 11.3 Å². The van der Waals surface area contributed by atoms with Crippen molar-refractivity contribution in [3.05, 3.63) is 142 Å². The number of hydrogen-bond acceptors (Lipinski definition) is 5. The van der Waals surface area contributed by atoms with Crippen molar-refractivity contribution in [2.45, 2.75) is 52.1 Å². The molecule has 1 atom stereocenters. The maximum atomic E-state index is 14.6. The predicted molar refractivity (Wildman–Crippen MR) is 170 cm³/mol. The third-order valence-corrected chi connectivity index (χ3v) is 7.66. The number of pyridine rings is 1. The molecule has 3 aromatic carbocycles. The molecule has 0 spiro atoms. The number of ether oxygens (including phenoxy) is 1. The number of aromatic nitrogens is 1. The molecule has 4 aromatic rings. The summed E-state index contributed by atoms with van der Waals surface area (Å²) < 4.78 is 47.0. The number of rotatable bonds is 7. The molecular formula is C37H32F3N4O4+. The highest BCUT2D eigenvalue weighted by molar-refractivity contribution is 6.13. The van der Waals surface area contributed by atoms with Gasteiger partial charge in [0.25, 0.3) is 0 Å². The Kier molecular flexibility index (Phi) is 9.21. The van der Waals surface area contributed by atoms with Crippen LogP contribution in [0.3, 0.4) is 0 Å². The minimum absolute atomic E-state index is 0.0805.